The van der Waals surface area contributed by atoms with Crippen molar-refractivity contribution in [3.05, 3.63) is 42.1 Å². The molecule has 1 saturated carbocycles. The second kappa shape index (κ2) is 9.32. The summed E-state index contributed by atoms with van der Waals surface area (Å²) in [6.07, 6.45) is 5.68. The van der Waals surface area contributed by atoms with Gasteiger partial charge in [0.25, 0.3) is 0 Å². The summed E-state index contributed by atoms with van der Waals surface area (Å²) in [5.74, 6) is 3.83. The molecule has 166 valence electrons. The van der Waals surface area contributed by atoms with Gasteiger partial charge in [-0.25, -0.2) is 0 Å². The van der Waals surface area contributed by atoms with Crippen LogP contribution in [0.15, 0.2) is 36.5 Å². The number of nitrogens with one attached hydrogen (secondary N) is 1. The first-order valence-corrected chi connectivity index (χ1v) is 11.9. The Morgan fingerprint density at radius 2 is 1.77 bits per heavy atom. The van der Waals surface area contributed by atoms with E-state index in [1.807, 2.05) is 0 Å². The Balaban J connectivity index is 1.46. The first-order valence-electron chi connectivity index (χ1n) is 11.9. The van der Waals surface area contributed by atoms with Crippen molar-refractivity contribution in [2.24, 2.45) is 29.6 Å². The van der Waals surface area contributed by atoms with Crippen molar-refractivity contribution < 1.29 is 14.2 Å². The maximum atomic E-state index is 6.50. The van der Waals surface area contributed by atoms with Gasteiger partial charge in [0, 0.05) is 30.5 Å². The molecule has 3 aliphatic rings. The van der Waals surface area contributed by atoms with Crippen LogP contribution < -0.4 is 10.1 Å². The summed E-state index contributed by atoms with van der Waals surface area (Å²) in [5, 5.41) is 3.28. The highest BCUT2D eigenvalue weighted by Gasteiger charge is 2.52. The zero-order chi connectivity index (χ0) is 21.3. The molecule has 2 unspecified atom stereocenters. The first kappa shape index (κ1) is 21.7. The summed E-state index contributed by atoms with van der Waals surface area (Å²) in [7, 11) is 0. The van der Waals surface area contributed by atoms with Gasteiger partial charge in [-0.1, -0.05) is 39.0 Å². The van der Waals surface area contributed by atoms with E-state index in [2.05, 4.69) is 63.9 Å². The lowest BCUT2D eigenvalue weighted by Crippen LogP contribution is -2.54. The minimum absolute atomic E-state index is 0.135. The van der Waals surface area contributed by atoms with E-state index in [1.54, 1.807) is 0 Å². The van der Waals surface area contributed by atoms with Crippen molar-refractivity contribution in [2.45, 2.75) is 78.5 Å². The molecule has 2 saturated heterocycles. The Morgan fingerprint density at radius 1 is 1.03 bits per heavy atom. The van der Waals surface area contributed by atoms with Crippen LogP contribution in [0.3, 0.4) is 0 Å². The van der Waals surface area contributed by atoms with Gasteiger partial charge in [0.15, 0.2) is 6.29 Å². The van der Waals surface area contributed by atoms with Crippen LogP contribution in [0.1, 0.15) is 58.9 Å². The fourth-order valence-electron chi connectivity index (χ4n) is 5.96. The highest BCUT2D eigenvalue weighted by Crippen LogP contribution is 2.52. The van der Waals surface area contributed by atoms with Crippen LogP contribution in [0, 0.1) is 29.6 Å². The Morgan fingerprint density at radius 3 is 2.50 bits per heavy atom. The molecule has 1 N–H and O–H groups in total. The average Bonchev–Trinajstić information content (AvgIpc) is 2.88. The van der Waals surface area contributed by atoms with E-state index >= 15 is 0 Å². The third kappa shape index (κ3) is 4.55. The van der Waals surface area contributed by atoms with Crippen LogP contribution in [-0.4, -0.2) is 25.2 Å². The molecule has 1 aromatic carbocycles. The van der Waals surface area contributed by atoms with E-state index in [0.29, 0.717) is 23.7 Å². The number of benzene rings is 1. The molecule has 1 aromatic rings. The predicted octanol–water partition coefficient (Wildman–Crippen LogP) is 5.53. The van der Waals surface area contributed by atoms with E-state index in [9.17, 15) is 0 Å². The smallest absolute Gasteiger partial charge is 0.205 e. The molecule has 8 atom stereocenters. The second-order valence-electron chi connectivity index (χ2n) is 9.79. The molecule has 0 aromatic heterocycles. The molecule has 4 rings (SSSR count). The molecule has 0 radical (unpaired) electrons. The van der Waals surface area contributed by atoms with E-state index in [0.717, 1.165) is 36.8 Å². The fraction of sp³-hybridized carbons (Fsp3) is 0.692. The quantitative estimate of drug-likeness (QED) is 0.666. The second-order valence-corrected chi connectivity index (χ2v) is 9.79. The Labute approximate surface area is 182 Å². The highest BCUT2D eigenvalue weighted by atomic mass is 16.8. The van der Waals surface area contributed by atoms with Gasteiger partial charge in [-0.15, -0.1) is 0 Å². The molecule has 0 amide bonds. The Hall–Kier alpha value is -1.52. The summed E-state index contributed by atoms with van der Waals surface area (Å²) in [5.41, 5.74) is 2.28. The number of likely N-dealkylation sites (N-methyl/N-ethyl adjacent to an activating group) is 1. The molecular weight excluding hydrogens is 374 g/mol. The topological polar surface area (TPSA) is 39.7 Å². The highest BCUT2D eigenvalue weighted by molar-refractivity contribution is 5.29. The van der Waals surface area contributed by atoms with Crippen LogP contribution in [0.5, 0.6) is 5.75 Å². The van der Waals surface area contributed by atoms with Gasteiger partial charge in [-0.2, -0.15) is 0 Å². The third-order valence-corrected chi connectivity index (χ3v) is 7.66. The lowest BCUT2D eigenvalue weighted by Gasteiger charge is -2.51. The van der Waals surface area contributed by atoms with Gasteiger partial charge >= 0.3 is 0 Å². The van der Waals surface area contributed by atoms with Crippen molar-refractivity contribution in [1.82, 2.24) is 5.32 Å². The zero-order valence-electron chi connectivity index (χ0n) is 19.1. The predicted molar refractivity (Wildman–Crippen MR) is 120 cm³/mol. The van der Waals surface area contributed by atoms with Crippen LogP contribution in [0.4, 0.5) is 0 Å². The zero-order valence-corrected chi connectivity index (χ0v) is 19.1. The largest absolute Gasteiger partial charge is 0.465 e. The average molecular weight is 414 g/mol. The number of hydrogen-bond acceptors (Lipinski definition) is 4. The lowest BCUT2D eigenvalue weighted by atomic mass is 9.61. The molecule has 0 spiro atoms. The third-order valence-electron chi connectivity index (χ3n) is 7.66. The normalized spacial score (nSPS) is 38.3. The van der Waals surface area contributed by atoms with E-state index in [4.69, 9.17) is 14.2 Å². The van der Waals surface area contributed by atoms with Gasteiger partial charge in [0.2, 0.25) is 6.29 Å². The summed E-state index contributed by atoms with van der Waals surface area (Å²) in [4.78, 5) is 0. The van der Waals surface area contributed by atoms with Gasteiger partial charge < -0.3 is 19.5 Å². The molecule has 30 heavy (non-hydrogen) atoms. The van der Waals surface area contributed by atoms with Crippen LogP contribution in [-0.2, 0) is 15.9 Å². The molecule has 4 nitrogen and oxygen atoms in total. The van der Waals surface area contributed by atoms with Gasteiger partial charge in [0.1, 0.15) is 5.75 Å². The summed E-state index contributed by atoms with van der Waals surface area (Å²) >= 11 is 0. The Kier molecular flexibility index (Phi) is 6.74. The maximum Gasteiger partial charge on any atom is 0.205 e. The standard InChI is InChI=1S/C26H39NO3/c1-6-27-17(3)15-20-9-11-21(12-10-20)29-25-19(5)23-13-7-16(2)22-14-8-18(4)28-26(30-25)24(22)23/h9-12,16,18-19,22-27H,3,6-8,13-15H2,1-2,4-5H3/t16-,18?,19-,22+,23+,24?,25+,26+/m1/s1. The molecule has 3 fully saturated rings. The summed E-state index contributed by atoms with van der Waals surface area (Å²) < 4.78 is 19.3. The van der Waals surface area contributed by atoms with Gasteiger partial charge in [0.05, 0.1) is 6.10 Å². The van der Waals surface area contributed by atoms with Crippen molar-refractivity contribution in [2.75, 3.05) is 6.54 Å². The number of ether oxygens (including phenoxy) is 3. The van der Waals surface area contributed by atoms with Crippen LogP contribution in [0.2, 0.25) is 0 Å². The summed E-state index contributed by atoms with van der Waals surface area (Å²) in [6.45, 7) is 14.0. The lowest BCUT2D eigenvalue weighted by molar-refractivity contribution is -0.315. The van der Waals surface area contributed by atoms with Crippen molar-refractivity contribution in [1.29, 1.82) is 0 Å². The number of allylic oxidation sites excluding steroid dienone is 1. The van der Waals surface area contributed by atoms with Crippen molar-refractivity contribution >= 4 is 0 Å². The molecule has 4 heteroatoms. The molecule has 2 aliphatic heterocycles. The SMILES string of the molecule is C=C(Cc1ccc(O[C@H]2O[C@@H]3OC(C)CC[C@@H]4C3[C@@H](CC[C@H]4C)[C@H]2C)cc1)NCC. The minimum Gasteiger partial charge on any atom is -0.465 e. The molecule has 0 bridgehead atoms. The minimum atomic E-state index is -0.252. The summed E-state index contributed by atoms with van der Waals surface area (Å²) in [6, 6.07) is 8.35. The van der Waals surface area contributed by atoms with E-state index < -0.39 is 0 Å². The fourth-order valence-corrected chi connectivity index (χ4v) is 5.96. The first-order chi connectivity index (χ1) is 14.5. The van der Waals surface area contributed by atoms with Crippen LogP contribution in [0.25, 0.3) is 0 Å². The monoisotopic (exact) mass is 413 g/mol. The van der Waals surface area contributed by atoms with Crippen LogP contribution >= 0.6 is 0 Å². The van der Waals surface area contributed by atoms with Crippen molar-refractivity contribution in [3.8, 4) is 5.75 Å². The number of hydrogen-bond donors (Lipinski definition) is 1. The molecule has 2 heterocycles. The van der Waals surface area contributed by atoms with Gasteiger partial charge in [-0.3, -0.25) is 0 Å². The van der Waals surface area contributed by atoms with Crippen molar-refractivity contribution in [3.63, 3.8) is 0 Å². The van der Waals surface area contributed by atoms with E-state index in [-0.39, 0.29) is 18.7 Å². The van der Waals surface area contributed by atoms with Gasteiger partial charge in [-0.05, 0) is 68.6 Å². The maximum absolute atomic E-state index is 6.50. The number of rotatable bonds is 6. The molecule has 1 aliphatic carbocycles. The molecular formula is C26H39NO3. The van der Waals surface area contributed by atoms with E-state index in [1.165, 1.54) is 24.8 Å². The Bertz CT molecular complexity index is 717.